The van der Waals surface area contributed by atoms with Crippen molar-refractivity contribution < 1.29 is 21.6 Å². The number of halogens is 4. The molecule has 0 atom stereocenters. The molecule has 0 spiro atoms. The van der Waals surface area contributed by atoms with Crippen molar-refractivity contribution in [2.24, 2.45) is 0 Å². The van der Waals surface area contributed by atoms with Crippen molar-refractivity contribution in [1.29, 1.82) is 0 Å². The fraction of sp³-hybridized carbons (Fsp3) is 0.158. The molecule has 0 aliphatic rings. The second-order valence-corrected chi connectivity index (χ2v) is 11.0. The minimum atomic E-state index is -4.53. The van der Waals surface area contributed by atoms with E-state index in [0.717, 1.165) is 31.9 Å². The van der Waals surface area contributed by atoms with Crippen molar-refractivity contribution in [2.45, 2.75) is 17.5 Å². The van der Waals surface area contributed by atoms with Crippen LogP contribution >= 0.6 is 38.8 Å². The van der Waals surface area contributed by atoms with Gasteiger partial charge in [-0.1, -0.05) is 18.2 Å². The number of nitrogens with zero attached hydrogens (tertiary/aromatic N) is 2. The predicted octanol–water partition coefficient (Wildman–Crippen LogP) is 5.62. The van der Waals surface area contributed by atoms with Gasteiger partial charge in [0.15, 0.2) is 5.82 Å². The molecule has 1 N–H and O–H groups in total. The van der Waals surface area contributed by atoms with Gasteiger partial charge in [0.25, 0.3) is 10.0 Å². The fourth-order valence-electron chi connectivity index (χ4n) is 2.99. The predicted molar refractivity (Wildman–Crippen MR) is 123 cm³/mol. The highest BCUT2D eigenvalue weighted by Crippen LogP contribution is 2.44. The normalized spacial score (nSPS) is 12.4. The number of aromatic amines is 1. The number of H-pyrrole nitrogens is 1. The van der Waals surface area contributed by atoms with Crippen molar-refractivity contribution in [3.05, 3.63) is 62.7 Å². The number of hydrogen-bond donors (Lipinski definition) is 1. The van der Waals surface area contributed by atoms with E-state index in [-0.39, 0.29) is 20.6 Å². The molecule has 2 aromatic heterocycles. The Balaban J connectivity index is 1.77. The van der Waals surface area contributed by atoms with Crippen LogP contribution < -0.4 is 9.18 Å². The van der Waals surface area contributed by atoms with Gasteiger partial charge in [0, 0.05) is 33.7 Å². The third-order valence-electron chi connectivity index (χ3n) is 4.50. The maximum atomic E-state index is 13.4. The molecule has 0 unspecified atom stereocenters. The van der Waals surface area contributed by atoms with Crippen LogP contribution in [-0.4, -0.2) is 30.5 Å². The standard InChI is InChI=1S/C19H13BrF3N3O3S3/c20-15-13-3-1-2-4-14(13)30-17(15)26(10-9-19(21,22)23)32(28,29)12-7-5-11(6-8-12)16-24-18(27)31-25-16/h1-8H,9-10H2,(H,24,25,27). The van der Waals surface area contributed by atoms with Crippen LogP contribution in [0, 0.1) is 0 Å². The highest BCUT2D eigenvalue weighted by molar-refractivity contribution is 9.10. The average Bonchev–Trinajstić information content (AvgIpc) is 3.31. The van der Waals surface area contributed by atoms with Gasteiger partial charge in [-0.3, -0.25) is 14.1 Å². The molecule has 4 rings (SSSR count). The molecule has 2 heterocycles. The lowest BCUT2D eigenvalue weighted by Gasteiger charge is -2.24. The van der Waals surface area contributed by atoms with E-state index in [2.05, 4.69) is 25.3 Å². The molecule has 168 valence electrons. The first-order chi connectivity index (χ1) is 15.1. The van der Waals surface area contributed by atoms with Crippen molar-refractivity contribution in [1.82, 2.24) is 9.36 Å². The molecule has 13 heteroatoms. The highest BCUT2D eigenvalue weighted by atomic mass is 79.9. The fourth-order valence-corrected chi connectivity index (χ4v) is 7.32. The molecule has 4 aromatic rings. The minimum absolute atomic E-state index is 0.170. The minimum Gasteiger partial charge on any atom is -0.296 e. The Labute approximate surface area is 196 Å². The third kappa shape index (κ3) is 4.60. The van der Waals surface area contributed by atoms with E-state index in [0.29, 0.717) is 15.4 Å². The molecule has 6 nitrogen and oxygen atoms in total. The highest BCUT2D eigenvalue weighted by Gasteiger charge is 2.34. The number of sulfonamides is 1. The lowest BCUT2D eigenvalue weighted by atomic mass is 10.2. The number of alkyl halides is 3. The van der Waals surface area contributed by atoms with E-state index >= 15 is 0 Å². The Kier molecular flexibility index (Phi) is 6.18. The van der Waals surface area contributed by atoms with Gasteiger partial charge < -0.3 is 0 Å². The number of hydrogen-bond acceptors (Lipinski definition) is 6. The summed E-state index contributed by atoms with van der Waals surface area (Å²) in [6.45, 7) is -0.765. The maximum absolute atomic E-state index is 13.4. The van der Waals surface area contributed by atoms with Crippen LogP contribution in [-0.2, 0) is 10.0 Å². The second-order valence-electron chi connectivity index (χ2n) is 6.63. The number of anilines is 1. The molecule has 2 aromatic carbocycles. The van der Waals surface area contributed by atoms with Gasteiger partial charge in [0.1, 0.15) is 5.00 Å². The Bertz CT molecular complexity index is 1430. The number of aromatic nitrogens is 2. The molecule has 0 aliphatic carbocycles. The topological polar surface area (TPSA) is 83.1 Å². The van der Waals surface area contributed by atoms with Gasteiger partial charge >= 0.3 is 11.0 Å². The summed E-state index contributed by atoms with van der Waals surface area (Å²) < 4.78 is 71.7. The zero-order valence-electron chi connectivity index (χ0n) is 15.9. The largest absolute Gasteiger partial charge is 0.390 e. The number of fused-ring (bicyclic) bond motifs is 1. The summed E-state index contributed by atoms with van der Waals surface area (Å²) in [6.07, 6.45) is -5.83. The monoisotopic (exact) mass is 563 g/mol. The van der Waals surface area contributed by atoms with Gasteiger partial charge in [-0.15, -0.1) is 11.3 Å². The summed E-state index contributed by atoms with van der Waals surface area (Å²) >= 11 is 5.18. The van der Waals surface area contributed by atoms with Crippen LogP contribution in [0.4, 0.5) is 18.2 Å². The number of nitrogens with one attached hydrogen (secondary N) is 1. The Morgan fingerprint density at radius 3 is 2.38 bits per heavy atom. The van der Waals surface area contributed by atoms with Crippen molar-refractivity contribution in [3.8, 4) is 11.4 Å². The molecule has 0 aliphatic heterocycles. The number of thiophene rings is 1. The van der Waals surface area contributed by atoms with Crippen molar-refractivity contribution in [2.75, 3.05) is 10.8 Å². The molecule has 0 saturated carbocycles. The zero-order chi connectivity index (χ0) is 23.1. The summed E-state index contributed by atoms with van der Waals surface area (Å²) in [7, 11) is -4.32. The van der Waals surface area contributed by atoms with E-state index < -0.39 is 29.2 Å². The van der Waals surface area contributed by atoms with E-state index in [4.69, 9.17) is 0 Å². The second kappa shape index (κ2) is 8.61. The first-order valence-corrected chi connectivity index (χ1v) is 12.8. The zero-order valence-corrected chi connectivity index (χ0v) is 19.9. The molecule has 32 heavy (non-hydrogen) atoms. The van der Waals surface area contributed by atoms with Crippen LogP contribution in [0.5, 0.6) is 0 Å². The molecular formula is C19H13BrF3N3O3S3. The molecule has 0 radical (unpaired) electrons. The molecule has 0 amide bonds. The summed E-state index contributed by atoms with van der Waals surface area (Å²) in [5, 5.41) is 0.880. The van der Waals surface area contributed by atoms with Crippen LogP contribution in [0.3, 0.4) is 0 Å². The Morgan fingerprint density at radius 2 is 1.78 bits per heavy atom. The van der Waals surface area contributed by atoms with Crippen molar-refractivity contribution in [3.63, 3.8) is 0 Å². The van der Waals surface area contributed by atoms with Gasteiger partial charge in [-0.25, -0.2) is 8.42 Å². The van der Waals surface area contributed by atoms with Crippen LogP contribution in [0.15, 0.2) is 62.7 Å². The number of rotatable bonds is 6. The SMILES string of the molecule is O=c1[nH]c(-c2ccc(S(=O)(=O)N(CCC(F)(F)F)c3sc4ccccc4c3Br)cc2)ns1. The smallest absolute Gasteiger partial charge is 0.296 e. The lowest BCUT2D eigenvalue weighted by molar-refractivity contribution is -0.131. The van der Waals surface area contributed by atoms with Gasteiger partial charge in [0.05, 0.1) is 15.8 Å². The Morgan fingerprint density at radius 1 is 1.09 bits per heavy atom. The molecule has 0 bridgehead atoms. The molecule has 0 saturated heterocycles. The van der Waals surface area contributed by atoms with Crippen LogP contribution in [0.25, 0.3) is 21.5 Å². The Hall–Kier alpha value is -2.22. The summed E-state index contributed by atoms with van der Waals surface area (Å²) in [4.78, 5) is 13.3. The van der Waals surface area contributed by atoms with E-state index in [9.17, 15) is 26.4 Å². The summed E-state index contributed by atoms with van der Waals surface area (Å²) in [6, 6.07) is 12.5. The molecular weight excluding hydrogens is 551 g/mol. The average molecular weight is 564 g/mol. The maximum Gasteiger partial charge on any atom is 0.390 e. The van der Waals surface area contributed by atoms with Gasteiger partial charge in [0.2, 0.25) is 0 Å². The van der Waals surface area contributed by atoms with Gasteiger partial charge in [-0.05, 0) is 46.3 Å². The van der Waals surface area contributed by atoms with Gasteiger partial charge in [-0.2, -0.15) is 17.5 Å². The van der Waals surface area contributed by atoms with E-state index in [1.807, 2.05) is 0 Å². The van der Waals surface area contributed by atoms with Crippen LogP contribution in [0.1, 0.15) is 6.42 Å². The van der Waals surface area contributed by atoms with Crippen LogP contribution in [0.2, 0.25) is 0 Å². The summed E-state index contributed by atoms with van der Waals surface area (Å²) in [5.74, 6) is 0.283. The molecule has 0 fully saturated rings. The first kappa shape index (κ1) is 23.0. The summed E-state index contributed by atoms with van der Waals surface area (Å²) in [5.41, 5.74) is 0.479. The first-order valence-electron chi connectivity index (χ1n) is 8.99. The quantitative estimate of drug-likeness (QED) is 0.330. The number of benzene rings is 2. The third-order valence-corrected chi connectivity index (χ3v) is 9.23. The van der Waals surface area contributed by atoms with E-state index in [1.54, 1.807) is 24.3 Å². The van der Waals surface area contributed by atoms with Crippen molar-refractivity contribution >= 4 is 63.9 Å². The van der Waals surface area contributed by atoms with E-state index in [1.165, 1.54) is 24.3 Å². The lowest BCUT2D eigenvalue weighted by Crippen LogP contribution is -2.34.